The molecule has 1 aromatic heterocycles. The topological polar surface area (TPSA) is 151 Å². The van der Waals surface area contributed by atoms with Crippen LogP contribution in [0.1, 0.15) is 16.7 Å². The van der Waals surface area contributed by atoms with Crippen LogP contribution in [0.4, 0.5) is 9.93 Å². The van der Waals surface area contributed by atoms with Gasteiger partial charge in [0.05, 0.1) is 37.0 Å². The van der Waals surface area contributed by atoms with Gasteiger partial charge >= 0.3 is 12.0 Å². The number of piperazine rings is 1. The molecule has 3 N–H and O–H groups in total. The van der Waals surface area contributed by atoms with Crippen molar-refractivity contribution in [2.45, 2.75) is 31.7 Å². The quantitative estimate of drug-likeness (QED) is 0.170. The highest BCUT2D eigenvalue weighted by atomic mass is 32.1. The number of anilines is 1. The van der Waals surface area contributed by atoms with E-state index in [1.54, 1.807) is 45.2 Å². The predicted molar refractivity (Wildman–Crippen MR) is 184 cm³/mol. The number of ether oxygens (including phenoxy) is 2. The fraction of sp³-hybridized carbons (Fsp3) is 0.286. The monoisotopic (exact) mass is 683 g/mol. The molecule has 14 heteroatoms. The maximum atomic E-state index is 14.3. The third-order valence-corrected chi connectivity index (χ3v) is 9.37. The van der Waals surface area contributed by atoms with Crippen molar-refractivity contribution in [2.24, 2.45) is 0 Å². The fourth-order valence-corrected chi connectivity index (χ4v) is 6.97. The largest absolute Gasteiger partial charge is 0.482 e. The predicted octanol–water partition coefficient (Wildman–Crippen LogP) is 3.17. The molecule has 4 aromatic rings. The Morgan fingerprint density at radius 1 is 1.08 bits per heavy atom. The number of hydrogen-bond donors (Lipinski definition) is 2. The van der Waals surface area contributed by atoms with E-state index in [4.69, 9.17) is 10.5 Å². The number of nitrogens with two attached hydrogens (primary N) is 1. The number of para-hydroxylation sites is 1. The first-order valence-electron chi connectivity index (χ1n) is 15.7. The number of rotatable bonds is 12. The minimum atomic E-state index is -0.851. The third-order valence-electron chi connectivity index (χ3n) is 8.52. The summed E-state index contributed by atoms with van der Waals surface area (Å²) in [5.74, 6) is -0.526. The molecule has 0 aliphatic carbocycles. The Balaban J connectivity index is 1.29. The van der Waals surface area contributed by atoms with Gasteiger partial charge in [-0.2, -0.15) is 5.01 Å². The summed E-state index contributed by atoms with van der Waals surface area (Å²) in [5.41, 5.74) is 9.31. The van der Waals surface area contributed by atoms with Crippen molar-refractivity contribution < 1.29 is 28.7 Å². The second-order valence-electron chi connectivity index (χ2n) is 11.7. The number of thiazole rings is 1. The van der Waals surface area contributed by atoms with Gasteiger partial charge in [0.25, 0.3) is 0 Å². The van der Waals surface area contributed by atoms with Gasteiger partial charge in [-0.3, -0.25) is 14.6 Å². The molecule has 4 amide bonds. The number of methoxy groups -OCH3 is 1. The molecule has 0 saturated carbocycles. The minimum absolute atomic E-state index is 0.0899. The Bertz CT molecular complexity index is 1850. The van der Waals surface area contributed by atoms with E-state index in [-0.39, 0.29) is 57.1 Å². The molecule has 2 aliphatic rings. The number of hydrogen-bond acceptors (Lipinski definition) is 10. The van der Waals surface area contributed by atoms with Gasteiger partial charge in [-0.1, -0.05) is 72.0 Å². The first-order chi connectivity index (χ1) is 23.7. The molecule has 2 fully saturated rings. The lowest BCUT2D eigenvalue weighted by atomic mass is 9.99. The van der Waals surface area contributed by atoms with E-state index in [1.165, 1.54) is 23.5 Å². The van der Waals surface area contributed by atoms with Crippen molar-refractivity contribution in [1.82, 2.24) is 30.1 Å². The molecule has 3 heterocycles. The average molecular weight is 684 g/mol. The van der Waals surface area contributed by atoms with Gasteiger partial charge in [-0.15, -0.1) is 6.58 Å². The molecule has 0 unspecified atom stereocenters. The van der Waals surface area contributed by atoms with E-state index in [0.29, 0.717) is 17.4 Å². The van der Waals surface area contributed by atoms with Gasteiger partial charge in [0.15, 0.2) is 11.7 Å². The number of benzene rings is 3. The molecule has 0 radical (unpaired) electrons. The van der Waals surface area contributed by atoms with Gasteiger partial charge < -0.3 is 30.3 Å². The van der Waals surface area contributed by atoms with Crippen molar-refractivity contribution in [3.8, 4) is 5.75 Å². The maximum Gasteiger partial charge on any atom is 0.343 e. The van der Waals surface area contributed by atoms with E-state index in [1.807, 2.05) is 48.5 Å². The van der Waals surface area contributed by atoms with Crippen LogP contribution in [0.2, 0.25) is 0 Å². The lowest BCUT2D eigenvalue weighted by Gasteiger charge is -2.46. The maximum absolute atomic E-state index is 14.3. The van der Waals surface area contributed by atoms with Gasteiger partial charge in [0.1, 0.15) is 18.0 Å². The zero-order valence-electron chi connectivity index (χ0n) is 27.0. The summed E-state index contributed by atoms with van der Waals surface area (Å²) in [6.07, 6.45) is 1.20. The number of amides is 4. The van der Waals surface area contributed by atoms with E-state index in [0.717, 1.165) is 26.9 Å². The number of nitrogens with zero attached hydrogens (tertiary/aromatic N) is 5. The highest BCUT2D eigenvalue weighted by Gasteiger charge is 2.52. The van der Waals surface area contributed by atoms with Crippen LogP contribution in [0.5, 0.6) is 5.75 Å². The molecule has 0 spiro atoms. The molecular weight excluding hydrogens is 646 g/mol. The number of carbonyl (C=O) groups is 4. The molecule has 49 heavy (non-hydrogen) atoms. The van der Waals surface area contributed by atoms with Crippen molar-refractivity contribution in [3.05, 3.63) is 102 Å². The lowest BCUT2D eigenvalue weighted by Crippen LogP contribution is -2.66. The molecular formula is C35H37N7O6S. The van der Waals surface area contributed by atoms with Crippen LogP contribution in [0.25, 0.3) is 10.2 Å². The minimum Gasteiger partial charge on any atom is -0.482 e. The number of esters is 1. The van der Waals surface area contributed by atoms with E-state index < -0.39 is 18.2 Å². The van der Waals surface area contributed by atoms with Crippen LogP contribution >= 0.6 is 11.3 Å². The van der Waals surface area contributed by atoms with Crippen molar-refractivity contribution in [2.75, 3.05) is 39.1 Å². The summed E-state index contributed by atoms with van der Waals surface area (Å²) in [5, 5.41) is 6.60. The Morgan fingerprint density at radius 2 is 1.86 bits per heavy atom. The van der Waals surface area contributed by atoms with Crippen LogP contribution in [-0.4, -0.2) is 94.2 Å². The molecule has 13 nitrogen and oxygen atoms in total. The summed E-state index contributed by atoms with van der Waals surface area (Å²) in [6, 6.07) is 21.1. The number of fused-ring (bicyclic) bond motifs is 2. The molecule has 3 aromatic carbocycles. The first-order valence-corrected chi connectivity index (χ1v) is 16.6. The van der Waals surface area contributed by atoms with Crippen molar-refractivity contribution >= 4 is 50.5 Å². The number of nitrogens with one attached hydrogen (secondary N) is 1. The third kappa shape index (κ3) is 7.34. The highest BCUT2D eigenvalue weighted by Crippen LogP contribution is 2.32. The summed E-state index contributed by atoms with van der Waals surface area (Å²) in [6.45, 7) is 4.39. The van der Waals surface area contributed by atoms with Crippen molar-refractivity contribution in [3.63, 3.8) is 0 Å². The van der Waals surface area contributed by atoms with Crippen molar-refractivity contribution in [1.29, 1.82) is 0 Å². The van der Waals surface area contributed by atoms with Crippen LogP contribution in [0, 0.1) is 0 Å². The smallest absolute Gasteiger partial charge is 0.343 e. The molecule has 254 valence electrons. The van der Waals surface area contributed by atoms with Gasteiger partial charge in [-0.05, 0) is 34.9 Å². The van der Waals surface area contributed by atoms with E-state index in [9.17, 15) is 19.2 Å². The Labute approximate surface area is 287 Å². The second-order valence-corrected chi connectivity index (χ2v) is 12.7. The Kier molecular flexibility index (Phi) is 10.1. The number of hydrazine groups is 1. The SMILES string of the molecule is C=CCN(C(=O)NCc1ccccc1)N1CC(=O)N2[C@@H](Cc3ccc(OCC(=O)OC)cc3)C(=O)N(Cc3cccc4sc(N)nc34)C[C@@H]21. The molecule has 0 bridgehead atoms. The molecule has 6 rings (SSSR count). The first kappa shape index (κ1) is 33.4. The summed E-state index contributed by atoms with van der Waals surface area (Å²) in [7, 11) is 1.29. The van der Waals surface area contributed by atoms with Gasteiger partial charge in [-0.25, -0.2) is 14.6 Å². The number of aromatic nitrogens is 1. The second kappa shape index (κ2) is 14.7. The van der Waals surface area contributed by atoms with Gasteiger partial charge in [0.2, 0.25) is 11.8 Å². The zero-order chi connectivity index (χ0) is 34.5. The number of urea groups is 1. The number of carbonyl (C=O) groups excluding carboxylic acids is 4. The summed E-state index contributed by atoms with van der Waals surface area (Å²) < 4.78 is 11.0. The molecule has 2 aliphatic heterocycles. The fourth-order valence-electron chi connectivity index (χ4n) is 6.18. The zero-order valence-corrected chi connectivity index (χ0v) is 27.8. The van der Waals surface area contributed by atoms with Gasteiger partial charge in [0, 0.05) is 19.5 Å². The van der Waals surface area contributed by atoms with E-state index >= 15 is 0 Å². The Morgan fingerprint density at radius 3 is 2.59 bits per heavy atom. The van der Waals surface area contributed by atoms with Crippen LogP contribution < -0.4 is 15.8 Å². The lowest BCUT2D eigenvalue weighted by molar-refractivity contribution is -0.157. The Hall–Kier alpha value is -5.47. The van der Waals surface area contributed by atoms with Crippen LogP contribution in [-0.2, 0) is 38.6 Å². The summed E-state index contributed by atoms with van der Waals surface area (Å²) in [4.78, 5) is 61.1. The number of nitrogen functional groups attached to an aromatic ring is 1. The molecule has 2 saturated heterocycles. The normalized spacial score (nSPS) is 17.6. The van der Waals surface area contributed by atoms with E-state index in [2.05, 4.69) is 21.6 Å². The van der Waals surface area contributed by atoms with Crippen LogP contribution in [0.3, 0.4) is 0 Å². The molecule has 2 atom stereocenters. The van der Waals surface area contributed by atoms with Crippen LogP contribution in [0.15, 0.2) is 85.5 Å². The standard InChI is InChI=1S/C35H37N7O6S/c1-3-16-40(35(46)37-18-24-8-5-4-6-9-24)41-21-30(43)42-27(17-23-12-14-26(15-13-23)48-22-31(44)47-2)33(45)39(20-29(41)42)19-25-10-7-11-28-32(25)38-34(36)49-28/h3-15,27,29H,1,16-22H2,2H3,(H2,36,38)(H,37,46)/t27-,29+/m0/s1. The highest BCUT2D eigenvalue weighted by molar-refractivity contribution is 7.22. The summed E-state index contributed by atoms with van der Waals surface area (Å²) >= 11 is 1.38. The average Bonchev–Trinajstić information content (AvgIpc) is 3.66.